The second-order valence-corrected chi connectivity index (χ2v) is 5.62. The van der Waals surface area contributed by atoms with Crippen LogP contribution in [0.15, 0.2) is 22.7 Å². The fraction of sp³-hybridized carbons (Fsp3) is 0.462. The molecule has 1 aliphatic rings. The number of rotatable bonds is 3. The predicted octanol–water partition coefficient (Wildman–Crippen LogP) is 2.21. The van der Waals surface area contributed by atoms with Crippen molar-refractivity contribution >= 4 is 33.3 Å². The number of hydrogen-bond donors (Lipinski definition) is 1. The summed E-state index contributed by atoms with van der Waals surface area (Å²) in [6, 6.07) is 4.95. The minimum atomic E-state index is -0.379. The number of benzene rings is 1. The van der Waals surface area contributed by atoms with Crippen molar-refractivity contribution < 1.29 is 9.72 Å². The van der Waals surface area contributed by atoms with E-state index >= 15 is 0 Å². The molecule has 0 spiro atoms. The van der Waals surface area contributed by atoms with Crippen LogP contribution >= 0.6 is 15.9 Å². The van der Waals surface area contributed by atoms with Gasteiger partial charge >= 0.3 is 6.03 Å². The SMILES string of the molecule is CCNC(=O)N1CCN(c2ccc(Br)cc2[N+](=O)[O-])CC1. The predicted molar refractivity (Wildman–Crippen MR) is 83.7 cm³/mol. The van der Waals surface area contributed by atoms with E-state index in [2.05, 4.69) is 21.2 Å². The quantitative estimate of drug-likeness (QED) is 0.665. The molecule has 0 atom stereocenters. The van der Waals surface area contributed by atoms with E-state index in [0.717, 1.165) is 0 Å². The molecule has 0 radical (unpaired) electrons. The average Bonchev–Trinajstić information content (AvgIpc) is 2.47. The standard InChI is InChI=1S/C13H17BrN4O3/c1-2-15-13(19)17-7-5-16(6-8-17)11-4-3-10(14)9-12(11)18(20)21/h3-4,9H,2,5-8H2,1H3,(H,15,19). The van der Waals surface area contributed by atoms with Crippen LogP contribution in [0.5, 0.6) is 0 Å². The first-order valence-electron chi connectivity index (χ1n) is 6.74. The van der Waals surface area contributed by atoms with Crippen LogP contribution in [0, 0.1) is 10.1 Å². The third-order valence-electron chi connectivity index (χ3n) is 3.37. The first-order valence-corrected chi connectivity index (χ1v) is 7.54. The van der Waals surface area contributed by atoms with Crippen LogP contribution in [0.1, 0.15) is 6.92 Å². The molecule has 1 aliphatic heterocycles. The van der Waals surface area contributed by atoms with Gasteiger partial charge < -0.3 is 15.1 Å². The molecule has 1 fully saturated rings. The van der Waals surface area contributed by atoms with E-state index in [0.29, 0.717) is 42.9 Å². The van der Waals surface area contributed by atoms with Crippen molar-refractivity contribution in [3.63, 3.8) is 0 Å². The maximum Gasteiger partial charge on any atom is 0.317 e. The third kappa shape index (κ3) is 3.63. The van der Waals surface area contributed by atoms with Crippen LogP contribution < -0.4 is 10.2 Å². The molecular weight excluding hydrogens is 340 g/mol. The molecule has 8 heteroatoms. The zero-order valence-electron chi connectivity index (χ0n) is 11.7. The lowest BCUT2D eigenvalue weighted by atomic mass is 10.2. The fourth-order valence-corrected chi connectivity index (χ4v) is 2.67. The molecule has 2 rings (SSSR count). The molecule has 0 aromatic heterocycles. The number of nitrogens with zero attached hydrogens (tertiary/aromatic N) is 3. The number of nitrogens with one attached hydrogen (secondary N) is 1. The summed E-state index contributed by atoms with van der Waals surface area (Å²) >= 11 is 3.25. The monoisotopic (exact) mass is 356 g/mol. The van der Waals surface area contributed by atoms with Crippen LogP contribution in [-0.2, 0) is 0 Å². The van der Waals surface area contributed by atoms with Gasteiger partial charge in [-0.2, -0.15) is 0 Å². The summed E-state index contributed by atoms with van der Waals surface area (Å²) in [6.07, 6.45) is 0. The van der Waals surface area contributed by atoms with Crippen LogP contribution in [0.25, 0.3) is 0 Å². The van der Waals surface area contributed by atoms with Crippen LogP contribution in [0.3, 0.4) is 0 Å². The maximum absolute atomic E-state index is 11.7. The van der Waals surface area contributed by atoms with Crippen molar-refractivity contribution in [1.29, 1.82) is 0 Å². The van der Waals surface area contributed by atoms with E-state index in [-0.39, 0.29) is 16.6 Å². The van der Waals surface area contributed by atoms with Crippen molar-refractivity contribution in [2.75, 3.05) is 37.6 Å². The van der Waals surface area contributed by atoms with Gasteiger partial charge in [0.05, 0.1) is 4.92 Å². The zero-order chi connectivity index (χ0) is 15.4. The summed E-state index contributed by atoms with van der Waals surface area (Å²) in [5.41, 5.74) is 0.676. The molecule has 1 N–H and O–H groups in total. The lowest BCUT2D eigenvalue weighted by molar-refractivity contribution is -0.384. The number of halogens is 1. The topological polar surface area (TPSA) is 78.7 Å². The van der Waals surface area contributed by atoms with Gasteiger partial charge in [-0.3, -0.25) is 10.1 Å². The maximum atomic E-state index is 11.7. The Morgan fingerprint density at radius 2 is 2.05 bits per heavy atom. The average molecular weight is 357 g/mol. The number of anilines is 1. The smallest absolute Gasteiger partial charge is 0.317 e. The third-order valence-corrected chi connectivity index (χ3v) is 3.86. The van der Waals surface area contributed by atoms with Crippen molar-refractivity contribution in [2.45, 2.75) is 6.92 Å². The summed E-state index contributed by atoms with van der Waals surface area (Å²) in [6.45, 7) is 4.74. The van der Waals surface area contributed by atoms with E-state index in [9.17, 15) is 14.9 Å². The molecule has 21 heavy (non-hydrogen) atoms. The number of urea groups is 1. The second kappa shape index (κ2) is 6.75. The molecule has 0 saturated carbocycles. The first kappa shape index (κ1) is 15.6. The second-order valence-electron chi connectivity index (χ2n) is 4.70. The normalized spacial score (nSPS) is 15.0. The molecular formula is C13H17BrN4O3. The molecule has 114 valence electrons. The molecule has 1 saturated heterocycles. The van der Waals surface area contributed by atoms with Crippen molar-refractivity contribution in [3.8, 4) is 0 Å². The Hall–Kier alpha value is -1.83. The van der Waals surface area contributed by atoms with Gasteiger partial charge in [0.2, 0.25) is 0 Å². The Morgan fingerprint density at radius 3 is 2.62 bits per heavy atom. The zero-order valence-corrected chi connectivity index (χ0v) is 13.3. The number of carbonyl (C=O) groups is 1. The van der Waals surface area contributed by atoms with Crippen molar-refractivity contribution in [3.05, 3.63) is 32.8 Å². The summed E-state index contributed by atoms with van der Waals surface area (Å²) < 4.78 is 0.680. The highest BCUT2D eigenvalue weighted by molar-refractivity contribution is 9.10. The van der Waals surface area contributed by atoms with Gasteiger partial charge in [-0.1, -0.05) is 15.9 Å². The molecule has 1 aromatic carbocycles. The molecule has 1 heterocycles. The van der Waals surface area contributed by atoms with Crippen LogP contribution in [-0.4, -0.2) is 48.6 Å². The Labute approximate surface area is 131 Å². The van der Waals surface area contributed by atoms with Crippen LogP contribution in [0.4, 0.5) is 16.2 Å². The Bertz CT molecular complexity index is 544. The lowest BCUT2D eigenvalue weighted by Crippen LogP contribution is -2.51. The van der Waals surface area contributed by atoms with Crippen molar-refractivity contribution in [2.24, 2.45) is 0 Å². The van der Waals surface area contributed by atoms with Gasteiger partial charge in [0.15, 0.2) is 0 Å². The number of hydrogen-bond acceptors (Lipinski definition) is 4. The van der Waals surface area contributed by atoms with Gasteiger partial charge in [-0.05, 0) is 19.1 Å². The molecule has 7 nitrogen and oxygen atoms in total. The first-order chi connectivity index (χ1) is 10.0. The molecule has 0 bridgehead atoms. The minimum Gasteiger partial charge on any atom is -0.362 e. The van der Waals surface area contributed by atoms with Crippen LogP contribution in [0.2, 0.25) is 0 Å². The number of piperazine rings is 1. The molecule has 2 amide bonds. The van der Waals surface area contributed by atoms with Crippen molar-refractivity contribution in [1.82, 2.24) is 10.2 Å². The number of carbonyl (C=O) groups excluding carboxylic acids is 1. The summed E-state index contributed by atoms with van der Waals surface area (Å²) in [4.78, 5) is 26.2. The van der Waals surface area contributed by atoms with E-state index in [1.807, 2.05) is 11.8 Å². The van der Waals surface area contributed by atoms with E-state index in [1.165, 1.54) is 6.07 Å². The number of nitro benzene ring substituents is 1. The summed E-state index contributed by atoms with van der Waals surface area (Å²) in [5.74, 6) is 0. The molecule has 0 aliphatic carbocycles. The van der Waals surface area contributed by atoms with Gasteiger partial charge in [-0.15, -0.1) is 0 Å². The van der Waals surface area contributed by atoms with Gasteiger partial charge in [0, 0.05) is 43.3 Å². The summed E-state index contributed by atoms with van der Waals surface area (Å²) in [5, 5.41) is 13.9. The Kier molecular flexibility index (Phi) is 5.00. The largest absolute Gasteiger partial charge is 0.362 e. The highest BCUT2D eigenvalue weighted by Crippen LogP contribution is 2.31. The number of nitro groups is 1. The minimum absolute atomic E-state index is 0.0795. The Morgan fingerprint density at radius 1 is 1.38 bits per heavy atom. The fourth-order valence-electron chi connectivity index (χ4n) is 2.32. The molecule has 0 unspecified atom stereocenters. The van der Waals surface area contributed by atoms with Gasteiger partial charge in [0.1, 0.15) is 5.69 Å². The highest BCUT2D eigenvalue weighted by atomic mass is 79.9. The highest BCUT2D eigenvalue weighted by Gasteiger charge is 2.25. The summed E-state index contributed by atoms with van der Waals surface area (Å²) in [7, 11) is 0. The van der Waals surface area contributed by atoms with E-state index in [4.69, 9.17) is 0 Å². The van der Waals surface area contributed by atoms with E-state index in [1.54, 1.807) is 17.0 Å². The van der Waals surface area contributed by atoms with Gasteiger partial charge in [0.25, 0.3) is 5.69 Å². The van der Waals surface area contributed by atoms with Gasteiger partial charge in [-0.25, -0.2) is 4.79 Å². The lowest BCUT2D eigenvalue weighted by Gasteiger charge is -2.35. The number of amides is 2. The molecule has 1 aromatic rings. The van der Waals surface area contributed by atoms with E-state index < -0.39 is 0 Å². The Balaban J connectivity index is 2.09.